The van der Waals surface area contributed by atoms with Gasteiger partial charge in [0.25, 0.3) is 0 Å². The van der Waals surface area contributed by atoms with Crippen molar-refractivity contribution in [1.29, 1.82) is 0 Å². The molecular weight excluding hydrogens is 300 g/mol. The lowest BCUT2D eigenvalue weighted by atomic mass is 10.1. The number of ether oxygens (including phenoxy) is 1. The molecule has 0 aliphatic rings. The fourth-order valence-corrected chi connectivity index (χ4v) is 3.13. The van der Waals surface area contributed by atoms with E-state index in [2.05, 4.69) is 4.98 Å². The molecule has 0 bridgehead atoms. The molecule has 6 heteroatoms. The molecule has 0 amide bonds. The zero-order valence-electron chi connectivity index (χ0n) is 12.9. The van der Waals surface area contributed by atoms with Crippen LogP contribution in [0.5, 0.6) is 0 Å². The molecule has 0 saturated heterocycles. The fourth-order valence-electron chi connectivity index (χ4n) is 2.17. The van der Waals surface area contributed by atoms with Crippen LogP contribution in [0.4, 0.5) is 5.13 Å². The van der Waals surface area contributed by atoms with Gasteiger partial charge in [-0.2, -0.15) is 0 Å². The molecule has 22 heavy (non-hydrogen) atoms. The second-order valence-electron chi connectivity index (χ2n) is 5.13. The molecule has 0 saturated carbocycles. The predicted octanol–water partition coefficient (Wildman–Crippen LogP) is 2.28. The van der Waals surface area contributed by atoms with Crippen molar-refractivity contribution in [3.8, 4) is 0 Å². The highest BCUT2D eigenvalue weighted by Crippen LogP contribution is 2.26. The Kier molecular flexibility index (Phi) is 5.51. The molecule has 1 aromatic carbocycles. The number of aliphatic hydroxyl groups excluding tert-OH is 1. The van der Waals surface area contributed by atoms with Gasteiger partial charge in [-0.15, -0.1) is 0 Å². The molecule has 1 N–H and O–H groups in total. The number of rotatable bonds is 6. The summed E-state index contributed by atoms with van der Waals surface area (Å²) in [5.74, 6) is -0.375. The Balaban J connectivity index is 2.00. The first-order valence-electron chi connectivity index (χ1n) is 7.00. The van der Waals surface area contributed by atoms with Gasteiger partial charge in [0.05, 0.1) is 18.9 Å². The first-order chi connectivity index (χ1) is 10.5. The Morgan fingerprint density at radius 1 is 1.41 bits per heavy atom. The molecule has 2 rings (SSSR count). The Hall–Kier alpha value is -1.92. The quantitative estimate of drug-likeness (QED) is 0.827. The Labute approximate surface area is 134 Å². The molecule has 0 spiro atoms. The highest BCUT2D eigenvalue weighted by molar-refractivity contribution is 7.17. The van der Waals surface area contributed by atoms with Gasteiger partial charge in [0.15, 0.2) is 5.13 Å². The highest BCUT2D eigenvalue weighted by atomic mass is 32.1. The van der Waals surface area contributed by atoms with Crippen LogP contribution in [0.2, 0.25) is 0 Å². The van der Waals surface area contributed by atoms with Crippen molar-refractivity contribution in [2.45, 2.75) is 19.4 Å². The van der Waals surface area contributed by atoms with Crippen molar-refractivity contribution in [3.05, 3.63) is 46.5 Å². The Morgan fingerprint density at radius 2 is 2.09 bits per heavy atom. The van der Waals surface area contributed by atoms with Crippen LogP contribution in [0.3, 0.4) is 0 Å². The maximum atomic E-state index is 11.6. The minimum absolute atomic E-state index is 0.375. The summed E-state index contributed by atoms with van der Waals surface area (Å²) in [6, 6.07) is 9.85. The minimum atomic E-state index is -0.502. The summed E-state index contributed by atoms with van der Waals surface area (Å²) in [5, 5.41) is 10.9. The zero-order valence-corrected chi connectivity index (χ0v) is 13.8. The normalized spacial score (nSPS) is 12.0. The number of methoxy groups -OCH3 is 1. The molecule has 1 heterocycles. The number of thiazole rings is 1. The van der Waals surface area contributed by atoms with Crippen LogP contribution in [-0.4, -0.2) is 42.9 Å². The van der Waals surface area contributed by atoms with Crippen molar-refractivity contribution in [2.75, 3.05) is 25.6 Å². The average molecular weight is 320 g/mol. The van der Waals surface area contributed by atoms with Gasteiger partial charge in [0.1, 0.15) is 4.88 Å². The number of esters is 1. The lowest BCUT2D eigenvalue weighted by molar-refractivity contribution is 0.0605. The van der Waals surface area contributed by atoms with Crippen LogP contribution in [0.15, 0.2) is 30.3 Å². The smallest absolute Gasteiger partial charge is 0.350 e. The third kappa shape index (κ3) is 4.05. The minimum Gasteiger partial charge on any atom is -0.465 e. The second-order valence-corrected chi connectivity index (χ2v) is 6.10. The Morgan fingerprint density at radius 3 is 2.73 bits per heavy atom. The van der Waals surface area contributed by atoms with E-state index in [1.54, 1.807) is 6.92 Å². The zero-order chi connectivity index (χ0) is 16.1. The van der Waals surface area contributed by atoms with E-state index >= 15 is 0 Å². The Bertz CT molecular complexity index is 628. The van der Waals surface area contributed by atoms with Crippen LogP contribution in [0.1, 0.15) is 20.9 Å². The summed E-state index contributed by atoms with van der Waals surface area (Å²) in [6.45, 7) is 2.23. The van der Waals surface area contributed by atoms with E-state index in [-0.39, 0.29) is 5.97 Å². The molecule has 0 aliphatic carbocycles. The number of carbonyl (C=O) groups excluding carboxylic acids is 1. The molecule has 118 valence electrons. The molecule has 1 aromatic heterocycles. The van der Waals surface area contributed by atoms with Gasteiger partial charge in [-0.1, -0.05) is 41.7 Å². The van der Waals surface area contributed by atoms with Crippen molar-refractivity contribution < 1.29 is 14.6 Å². The molecule has 0 aliphatic heterocycles. The summed E-state index contributed by atoms with van der Waals surface area (Å²) in [6.07, 6.45) is 0.0811. The first kappa shape index (κ1) is 16.5. The van der Waals surface area contributed by atoms with Crippen molar-refractivity contribution in [3.63, 3.8) is 0 Å². The van der Waals surface area contributed by atoms with E-state index in [1.807, 2.05) is 42.3 Å². The highest BCUT2D eigenvalue weighted by Gasteiger charge is 2.19. The number of aryl methyl sites for hydroxylation is 1. The van der Waals surface area contributed by atoms with E-state index in [0.717, 1.165) is 5.56 Å². The standard InChI is InChI=1S/C16H20N2O3S/c1-11-14(15(20)21-3)22-16(17-11)18(2)10-13(19)9-12-7-5-4-6-8-12/h4-8,13,19H,9-10H2,1-3H3. The van der Waals surface area contributed by atoms with Crippen molar-refractivity contribution >= 4 is 22.4 Å². The van der Waals surface area contributed by atoms with E-state index in [0.29, 0.717) is 28.7 Å². The molecule has 1 unspecified atom stereocenters. The van der Waals surface area contributed by atoms with E-state index < -0.39 is 6.10 Å². The van der Waals surface area contributed by atoms with Gasteiger partial charge in [-0.05, 0) is 12.5 Å². The van der Waals surface area contributed by atoms with E-state index in [1.165, 1.54) is 18.4 Å². The first-order valence-corrected chi connectivity index (χ1v) is 7.81. The van der Waals surface area contributed by atoms with E-state index in [4.69, 9.17) is 4.74 Å². The predicted molar refractivity (Wildman–Crippen MR) is 87.6 cm³/mol. The van der Waals surface area contributed by atoms with Gasteiger partial charge in [-0.25, -0.2) is 9.78 Å². The second kappa shape index (κ2) is 7.38. The van der Waals surface area contributed by atoms with Crippen molar-refractivity contribution in [1.82, 2.24) is 4.98 Å². The monoisotopic (exact) mass is 320 g/mol. The largest absolute Gasteiger partial charge is 0.465 e. The van der Waals surface area contributed by atoms with Gasteiger partial charge in [0, 0.05) is 20.0 Å². The van der Waals surface area contributed by atoms with Gasteiger partial charge < -0.3 is 14.7 Å². The third-order valence-corrected chi connectivity index (χ3v) is 4.53. The number of likely N-dealkylation sites (N-methyl/N-ethyl adjacent to an activating group) is 1. The number of anilines is 1. The maximum absolute atomic E-state index is 11.6. The molecule has 0 fully saturated rings. The fraction of sp³-hybridized carbons (Fsp3) is 0.375. The summed E-state index contributed by atoms with van der Waals surface area (Å²) < 4.78 is 4.73. The lowest BCUT2D eigenvalue weighted by Crippen LogP contribution is -2.30. The topological polar surface area (TPSA) is 62.7 Å². The lowest BCUT2D eigenvalue weighted by Gasteiger charge is -2.20. The summed E-state index contributed by atoms with van der Waals surface area (Å²) in [7, 11) is 3.21. The number of benzene rings is 1. The average Bonchev–Trinajstić information content (AvgIpc) is 2.89. The summed E-state index contributed by atoms with van der Waals surface area (Å²) >= 11 is 1.28. The molecule has 1 atom stereocenters. The van der Waals surface area contributed by atoms with Gasteiger partial charge in [0.2, 0.25) is 0 Å². The molecular formula is C16H20N2O3S. The molecule has 2 aromatic rings. The van der Waals surface area contributed by atoms with Crippen LogP contribution < -0.4 is 4.90 Å². The SMILES string of the molecule is COC(=O)c1sc(N(C)CC(O)Cc2ccccc2)nc1C. The number of nitrogens with zero attached hydrogens (tertiary/aromatic N) is 2. The van der Waals surface area contributed by atoms with Gasteiger partial charge in [-0.3, -0.25) is 0 Å². The van der Waals surface area contributed by atoms with Crippen LogP contribution in [0, 0.1) is 6.92 Å². The van der Waals surface area contributed by atoms with Crippen LogP contribution >= 0.6 is 11.3 Å². The summed E-state index contributed by atoms with van der Waals surface area (Å²) in [4.78, 5) is 18.3. The number of hydrogen-bond donors (Lipinski definition) is 1. The third-order valence-electron chi connectivity index (χ3n) is 3.28. The van der Waals surface area contributed by atoms with Crippen LogP contribution in [-0.2, 0) is 11.2 Å². The number of carbonyl (C=O) groups is 1. The molecule has 0 radical (unpaired) electrons. The molecule has 5 nitrogen and oxygen atoms in total. The van der Waals surface area contributed by atoms with Gasteiger partial charge >= 0.3 is 5.97 Å². The maximum Gasteiger partial charge on any atom is 0.350 e. The number of aliphatic hydroxyl groups is 1. The summed E-state index contributed by atoms with van der Waals surface area (Å²) in [5.41, 5.74) is 1.74. The number of hydrogen-bond acceptors (Lipinski definition) is 6. The van der Waals surface area contributed by atoms with E-state index in [9.17, 15) is 9.90 Å². The van der Waals surface area contributed by atoms with Crippen molar-refractivity contribution in [2.24, 2.45) is 0 Å². The number of aromatic nitrogens is 1. The van der Waals surface area contributed by atoms with Crippen LogP contribution in [0.25, 0.3) is 0 Å².